The minimum absolute atomic E-state index is 0.153. The highest BCUT2D eigenvalue weighted by atomic mass is 16.5. The topological polar surface area (TPSA) is 104 Å². The Labute approximate surface area is 88.5 Å². The number of hydrogen-bond acceptors (Lipinski definition) is 5. The second-order valence-electron chi connectivity index (χ2n) is 3.15. The van der Waals surface area contributed by atoms with Gasteiger partial charge in [0.1, 0.15) is 0 Å². The molecule has 0 amide bonds. The molecule has 0 fully saturated rings. The van der Waals surface area contributed by atoms with Crippen molar-refractivity contribution in [2.24, 2.45) is 0 Å². The van der Waals surface area contributed by atoms with Crippen molar-refractivity contribution in [1.29, 1.82) is 0 Å². The van der Waals surface area contributed by atoms with Gasteiger partial charge in [-0.2, -0.15) is 0 Å². The van der Waals surface area contributed by atoms with Crippen LogP contribution in [0, 0.1) is 0 Å². The van der Waals surface area contributed by atoms with Crippen molar-refractivity contribution >= 4 is 11.9 Å². The van der Waals surface area contributed by atoms with Gasteiger partial charge in [-0.3, -0.25) is 4.79 Å². The first kappa shape index (κ1) is 16.3. The van der Waals surface area contributed by atoms with Crippen LogP contribution in [0.5, 0.6) is 0 Å². The fourth-order valence-corrected chi connectivity index (χ4v) is 0.403. The number of esters is 1. The highest BCUT2D eigenvalue weighted by Crippen LogP contribution is 2.02. The number of aliphatic carboxylic acids is 1. The number of rotatable bonds is 4. The van der Waals surface area contributed by atoms with Crippen LogP contribution in [0.1, 0.15) is 27.2 Å². The van der Waals surface area contributed by atoms with Crippen LogP contribution in [0.25, 0.3) is 0 Å². The van der Waals surface area contributed by atoms with Gasteiger partial charge in [-0.25, -0.2) is 4.79 Å². The number of ether oxygens (including phenoxy) is 1. The number of hydrogen-bond donors (Lipinski definition) is 3. The van der Waals surface area contributed by atoms with Gasteiger partial charge in [0.15, 0.2) is 5.60 Å². The van der Waals surface area contributed by atoms with Gasteiger partial charge in [0, 0.05) is 0 Å². The quantitative estimate of drug-likeness (QED) is 0.568. The smallest absolute Gasteiger partial charge is 0.337 e. The monoisotopic (exact) mass is 222 g/mol. The zero-order valence-corrected chi connectivity index (χ0v) is 9.19. The van der Waals surface area contributed by atoms with E-state index >= 15 is 0 Å². The molecule has 0 aliphatic carbocycles. The summed E-state index contributed by atoms with van der Waals surface area (Å²) in [7, 11) is 0. The van der Waals surface area contributed by atoms with Crippen LogP contribution in [0.2, 0.25) is 0 Å². The van der Waals surface area contributed by atoms with Gasteiger partial charge in [0.25, 0.3) is 0 Å². The Hall–Kier alpha value is -1.14. The van der Waals surface area contributed by atoms with Crippen molar-refractivity contribution in [2.75, 3.05) is 13.2 Å². The summed E-state index contributed by atoms with van der Waals surface area (Å²) in [5, 5.41) is 24.6. The third-order valence-electron chi connectivity index (χ3n) is 1.10. The van der Waals surface area contributed by atoms with Gasteiger partial charge in [-0.15, -0.1) is 0 Å². The van der Waals surface area contributed by atoms with E-state index in [9.17, 15) is 9.59 Å². The molecule has 0 rings (SSSR count). The highest BCUT2D eigenvalue weighted by Gasteiger charge is 2.24. The lowest BCUT2D eigenvalue weighted by Crippen LogP contribution is -2.32. The number of aliphatic hydroxyl groups excluding tert-OH is 1. The van der Waals surface area contributed by atoms with Crippen LogP contribution in [-0.4, -0.2) is 46.1 Å². The predicted molar refractivity (Wildman–Crippen MR) is 52.3 cm³/mol. The van der Waals surface area contributed by atoms with Crippen LogP contribution in [0.15, 0.2) is 0 Å². The Morgan fingerprint density at radius 2 is 1.80 bits per heavy atom. The van der Waals surface area contributed by atoms with Crippen molar-refractivity contribution in [1.82, 2.24) is 0 Å². The van der Waals surface area contributed by atoms with Crippen molar-refractivity contribution in [3.05, 3.63) is 0 Å². The number of carboxylic acid groups (broad SMARTS) is 1. The lowest BCUT2D eigenvalue weighted by atomic mass is 10.1. The molecule has 0 saturated heterocycles. The average Bonchev–Trinajstić information content (AvgIpc) is 2.03. The maximum Gasteiger partial charge on any atom is 0.337 e. The largest absolute Gasteiger partial charge is 0.481 e. The Balaban J connectivity index is 0. The first-order valence-corrected chi connectivity index (χ1v) is 4.48. The zero-order chi connectivity index (χ0) is 12.5. The molecular weight excluding hydrogens is 204 g/mol. The molecule has 0 unspecified atom stereocenters. The van der Waals surface area contributed by atoms with Gasteiger partial charge < -0.3 is 20.1 Å². The molecule has 0 bridgehead atoms. The average molecular weight is 222 g/mol. The van der Waals surface area contributed by atoms with E-state index < -0.39 is 17.5 Å². The Morgan fingerprint density at radius 1 is 1.33 bits per heavy atom. The predicted octanol–water partition coefficient (Wildman–Crippen LogP) is -0.226. The molecule has 3 N–H and O–H groups in total. The fourth-order valence-electron chi connectivity index (χ4n) is 0.403. The highest BCUT2D eigenvalue weighted by molar-refractivity contribution is 5.78. The molecule has 15 heavy (non-hydrogen) atoms. The second-order valence-corrected chi connectivity index (χ2v) is 3.15. The summed E-state index contributed by atoms with van der Waals surface area (Å²) >= 11 is 0. The standard InChI is InChI=1S/C6H12O3.C3H6O3/c1-4-9-5(7)6(2,3)8;4-2-1-3(5)6/h8H,4H2,1-3H3;4H,1-2H2,(H,5,6). The van der Waals surface area contributed by atoms with Crippen molar-refractivity contribution in [3.63, 3.8) is 0 Å². The molecule has 6 heteroatoms. The first-order valence-electron chi connectivity index (χ1n) is 4.48. The van der Waals surface area contributed by atoms with Crippen molar-refractivity contribution in [2.45, 2.75) is 32.8 Å². The summed E-state index contributed by atoms with van der Waals surface area (Å²) in [6, 6.07) is 0. The molecule has 0 saturated carbocycles. The number of carbonyl (C=O) groups is 2. The summed E-state index contributed by atoms with van der Waals surface area (Å²) < 4.78 is 4.52. The third kappa shape index (κ3) is 12.9. The molecule has 0 spiro atoms. The zero-order valence-electron chi connectivity index (χ0n) is 9.19. The molecule has 0 aliphatic heterocycles. The maximum absolute atomic E-state index is 10.6. The van der Waals surface area contributed by atoms with Crippen LogP contribution in [0.4, 0.5) is 0 Å². The van der Waals surface area contributed by atoms with E-state index in [1.807, 2.05) is 0 Å². The second kappa shape index (κ2) is 8.19. The van der Waals surface area contributed by atoms with Crippen molar-refractivity contribution < 1.29 is 29.6 Å². The third-order valence-corrected chi connectivity index (χ3v) is 1.10. The Morgan fingerprint density at radius 3 is 1.87 bits per heavy atom. The lowest BCUT2D eigenvalue weighted by Gasteiger charge is -2.13. The molecule has 0 aliphatic rings. The van der Waals surface area contributed by atoms with Gasteiger partial charge in [-0.1, -0.05) is 0 Å². The minimum atomic E-state index is -1.35. The van der Waals surface area contributed by atoms with E-state index in [2.05, 4.69) is 4.74 Å². The normalized spacial score (nSPS) is 9.93. The van der Waals surface area contributed by atoms with Gasteiger partial charge in [0.2, 0.25) is 0 Å². The number of carboxylic acids is 1. The number of aliphatic hydroxyl groups is 2. The van der Waals surface area contributed by atoms with E-state index in [4.69, 9.17) is 15.3 Å². The molecule has 0 radical (unpaired) electrons. The minimum Gasteiger partial charge on any atom is -0.481 e. The van der Waals surface area contributed by atoms with Gasteiger partial charge in [-0.05, 0) is 20.8 Å². The number of carbonyl (C=O) groups excluding carboxylic acids is 1. The van der Waals surface area contributed by atoms with E-state index in [1.165, 1.54) is 13.8 Å². The SMILES string of the molecule is CCOC(=O)C(C)(C)O.O=C(O)CCO. The molecule has 0 heterocycles. The van der Waals surface area contributed by atoms with Crippen LogP contribution >= 0.6 is 0 Å². The molecule has 0 atom stereocenters. The lowest BCUT2D eigenvalue weighted by molar-refractivity contribution is -0.161. The molecule has 0 aromatic heterocycles. The molecule has 6 nitrogen and oxygen atoms in total. The molecule has 0 aromatic carbocycles. The van der Waals surface area contributed by atoms with E-state index in [1.54, 1.807) is 6.92 Å². The molecular formula is C9H18O6. The van der Waals surface area contributed by atoms with E-state index in [0.29, 0.717) is 6.61 Å². The Bertz CT molecular complexity index is 193. The van der Waals surface area contributed by atoms with E-state index in [0.717, 1.165) is 0 Å². The van der Waals surface area contributed by atoms with Crippen LogP contribution in [0.3, 0.4) is 0 Å². The van der Waals surface area contributed by atoms with Gasteiger partial charge >= 0.3 is 11.9 Å². The van der Waals surface area contributed by atoms with Crippen molar-refractivity contribution in [3.8, 4) is 0 Å². The first-order chi connectivity index (χ1) is 6.75. The van der Waals surface area contributed by atoms with E-state index in [-0.39, 0.29) is 13.0 Å². The summed E-state index contributed by atoms with van der Waals surface area (Å²) in [5.41, 5.74) is -1.35. The van der Waals surface area contributed by atoms with Gasteiger partial charge in [0.05, 0.1) is 19.6 Å². The Kier molecular flexibility index (Phi) is 8.90. The fraction of sp³-hybridized carbons (Fsp3) is 0.778. The molecule has 0 aromatic rings. The van der Waals surface area contributed by atoms with Crippen LogP contribution < -0.4 is 0 Å². The summed E-state index contributed by atoms with van der Waals surface area (Å²) in [6.07, 6.45) is -0.153. The summed E-state index contributed by atoms with van der Waals surface area (Å²) in [4.78, 5) is 20.0. The molecule has 90 valence electrons. The maximum atomic E-state index is 10.6. The summed E-state index contributed by atoms with van der Waals surface area (Å²) in [5.74, 6) is -1.54. The summed E-state index contributed by atoms with van der Waals surface area (Å²) in [6.45, 7) is 4.53. The van der Waals surface area contributed by atoms with Crippen LogP contribution in [-0.2, 0) is 14.3 Å².